The molecule has 2 aliphatic heterocycles. The second-order valence-corrected chi connectivity index (χ2v) is 8.37. The Bertz CT molecular complexity index is 586. The van der Waals surface area contributed by atoms with Gasteiger partial charge in [0, 0.05) is 32.2 Å². The zero-order valence-corrected chi connectivity index (χ0v) is 15.3. The molecule has 7 heteroatoms. The molecule has 0 unspecified atom stereocenters. The minimum Gasteiger partial charge on any atom is -0.342 e. The van der Waals surface area contributed by atoms with Crippen LogP contribution in [0.1, 0.15) is 51.5 Å². The van der Waals surface area contributed by atoms with Gasteiger partial charge in [0.15, 0.2) is 5.16 Å². The van der Waals surface area contributed by atoms with Gasteiger partial charge in [0.1, 0.15) is 0 Å². The summed E-state index contributed by atoms with van der Waals surface area (Å²) >= 11 is 1.57. The average molecular weight is 350 g/mol. The fraction of sp³-hybridized carbons (Fsp3) is 0.824. The van der Waals surface area contributed by atoms with Crippen LogP contribution >= 0.6 is 11.8 Å². The number of piperidine rings is 1. The third-order valence-electron chi connectivity index (χ3n) is 5.41. The highest BCUT2D eigenvalue weighted by atomic mass is 32.2. The Morgan fingerprint density at radius 1 is 1.08 bits per heavy atom. The van der Waals surface area contributed by atoms with E-state index in [1.54, 1.807) is 11.8 Å². The first-order valence-electron chi connectivity index (χ1n) is 9.33. The van der Waals surface area contributed by atoms with Crippen molar-refractivity contribution in [2.45, 2.75) is 56.6 Å². The summed E-state index contributed by atoms with van der Waals surface area (Å²) < 4.78 is 2.30. The van der Waals surface area contributed by atoms with E-state index in [9.17, 15) is 4.79 Å². The minimum atomic E-state index is 0.246. The Morgan fingerprint density at radius 3 is 2.46 bits per heavy atom. The fourth-order valence-electron chi connectivity index (χ4n) is 3.63. The van der Waals surface area contributed by atoms with Crippen molar-refractivity contribution in [3.8, 4) is 0 Å². The van der Waals surface area contributed by atoms with Crippen LogP contribution in [0.25, 0.3) is 0 Å². The van der Waals surface area contributed by atoms with Gasteiger partial charge in [0.05, 0.1) is 5.75 Å². The quantitative estimate of drug-likeness (QED) is 0.765. The maximum absolute atomic E-state index is 12.3. The predicted molar refractivity (Wildman–Crippen MR) is 95.4 cm³/mol. The van der Waals surface area contributed by atoms with Gasteiger partial charge in [-0.1, -0.05) is 18.7 Å². The molecule has 0 aromatic carbocycles. The highest BCUT2D eigenvalue weighted by Crippen LogP contribution is 2.41. The van der Waals surface area contributed by atoms with Gasteiger partial charge >= 0.3 is 0 Å². The highest BCUT2D eigenvalue weighted by molar-refractivity contribution is 7.99. The number of rotatable bonds is 5. The lowest BCUT2D eigenvalue weighted by Crippen LogP contribution is -2.34. The van der Waals surface area contributed by atoms with Gasteiger partial charge in [-0.2, -0.15) is 0 Å². The number of hydrogen-bond donors (Lipinski definition) is 0. The molecular weight excluding hydrogens is 322 g/mol. The number of anilines is 1. The summed E-state index contributed by atoms with van der Waals surface area (Å²) in [5.74, 6) is 2.57. The van der Waals surface area contributed by atoms with Crippen LogP contribution in [-0.2, 0) is 4.79 Å². The van der Waals surface area contributed by atoms with Crippen LogP contribution in [0.4, 0.5) is 5.95 Å². The van der Waals surface area contributed by atoms with Crippen molar-refractivity contribution in [3.63, 3.8) is 0 Å². The summed E-state index contributed by atoms with van der Waals surface area (Å²) in [6, 6.07) is 0.540. The Hall–Kier alpha value is -1.24. The van der Waals surface area contributed by atoms with Gasteiger partial charge < -0.3 is 9.80 Å². The second kappa shape index (κ2) is 6.94. The molecule has 4 rings (SSSR count). The molecule has 132 valence electrons. The number of carbonyl (C=O) groups excluding carboxylic acids is 1. The van der Waals surface area contributed by atoms with Crippen molar-refractivity contribution in [2.75, 3.05) is 36.8 Å². The summed E-state index contributed by atoms with van der Waals surface area (Å²) in [6.45, 7) is 6.32. The number of likely N-dealkylation sites (tertiary alicyclic amines) is 1. The maximum atomic E-state index is 12.3. The van der Waals surface area contributed by atoms with Crippen LogP contribution in [0, 0.1) is 5.92 Å². The average Bonchev–Trinajstić information content (AvgIpc) is 3.12. The van der Waals surface area contributed by atoms with E-state index < -0.39 is 0 Å². The first-order chi connectivity index (χ1) is 11.7. The van der Waals surface area contributed by atoms with Crippen LogP contribution < -0.4 is 4.90 Å². The molecule has 0 spiro atoms. The highest BCUT2D eigenvalue weighted by Gasteiger charge is 2.33. The Morgan fingerprint density at radius 2 is 1.79 bits per heavy atom. The third-order valence-corrected chi connectivity index (χ3v) is 6.34. The van der Waals surface area contributed by atoms with Gasteiger partial charge in [0.2, 0.25) is 11.9 Å². The molecule has 1 amide bonds. The van der Waals surface area contributed by atoms with E-state index >= 15 is 0 Å². The summed E-state index contributed by atoms with van der Waals surface area (Å²) in [4.78, 5) is 16.7. The summed E-state index contributed by atoms with van der Waals surface area (Å²) in [7, 11) is 0. The van der Waals surface area contributed by atoms with Crippen molar-refractivity contribution in [1.29, 1.82) is 0 Å². The van der Waals surface area contributed by atoms with Crippen molar-refractivity contribution in [3.05, 3.63) is 0 Å². The number of hydrogen-bond acceptors (Lipinski definition) is 5. The van der Waals surface area contributed by atoms with E-state index in [0.29, 0.717) is 11.8 Å². The van der Waals surface area contributed by atoms with E-state index in [1.807, 2.05) is 4.90 Å². The van der Waals surface area contributed by atoms with Gasteiger partial charge in [-0.25, -0.2) is 0 Å². The topological polar surface area (TPSA) is 54.3 Å². The Kier molecular flexibility index (Phi) is 4.70. The van der Waals surface area contributed by atoms with Gasteiger partial charge in [-0.3, -0.25) is 9.36 Å². The SMILES string of the molecule is CC1CCN(c2nnc(SCC(=O)N3CCCC3)n2C2CC2)CC1. The molecule has 1 aliphatic carbocycles. The number of carbonyl (C=O) groups is 1. The molecule has 1 aromatic heterocycles. The number of nitrogens with zero attached hydrogens (tertiary/aromatic N) is 5. The third kappa shape index (κ3) is 3.41. The first-order valence-corrected chi connectivity index (χ1v) is 10.3. The van der Waals surface area contributed by atoms with E-state index in [0.717, 1.165) is 56.0 Å². The molecule has 2 saturated heterocycles. The van der Waals surface area contributed by atoms with Crippen LogP contribution in [0.3, 0.4) is 0 Å². The summed E-state index contributed by atoms with van der Waals surface area (Å²) in [6.07, 6.45) is 7.17. The lowest BCUT2D eigenvalue weighted by atomic mass is 10.00. The molecule has 3 fully saturated rings. The molecule has 1 saturated carbocycles. The molecule has 0 N–H and O–H groups in total. The second-order valence-electron chi connectivity index (χ2n) is 7.43. The number of thioether (sulfide) groups is 1. The van der Waals surface area contributed by atoms with E-state index in [4.69, 9.17) is 0 Å². The van der Waals surface area contributed by atoms with Crippen LogP contribution in [0.2, 0.25) is 0 Å². The smallest absolute Gasteiger partial charge is 0.233 e. The normalized spacial score (nSPS) is 22.4. The van der Waals surface area contributed by atoms with Crippen molar-refractivity contribution in [1.82, 2.24) is 19.7 Å². The first kappa shape index (κ1) is 16.2. The molecular formula is C17H27N5OS. The summed E-state index contributed by atoms with van der Waals surface area (Å²) in [5.41, 5.74) is 0. The predicted octanol–water partition coefficient (Wildman–Crippen LogP) is 2.56. The van der Waals surface area contributed by atoms with Gasteiger partial charge in [-0.05, 0) is 44.4 Å². The monoisotopic (exact) mass is 349 g/mol. The minimum absolute atomic E-state index is 0.246. The molecule has 24 heavy (non-hydrogen) atoms. The lowest BCUT2D eigenvalue weighted by Gasteiger charge is -2.31. The number of aromatic nitrogens is 3. The standard InChI is InChI=1S/C17H27N5OS/c1-13-6-10-21(11-7-13)16-18-19-17(22(16)14-4-5-14)24-12-15(23)20-8-2-3-9-20/h13-14H,2-12H2,1H3. The van der Waals surface area contributed by atoms with Gasteiger partial charge in [-0.15, -0.1) is 10.2 Å². The van der Waals surface area contributed by atoms with Crippen LogP contribution in [-0.4, -0.2) is 57.5 Å². The molecule has 3 heterocycles. The molecule has 1 aromatic rings. The van der Waals surface area contributed by atoms with Crippen molar-refractivity contribution < 1.29 is 4.79 Å². The van der Waals surface area contributed by atoms with E-state index in [-0.39, 0.29) is 5.91 Å². The Balaban J connectivity index is 1.44. The number of amides is 1. The van der Waals surface area contributed by atoms with E-state index in [2.05, 4.69) is 26.6 Å². The molecule has 0 atom stereocenters. The zero-order chi connectivity index (χ0) is 16.5. The Labute approximate surface area is 148 Å². The van der Waals surface area contributed by atoms with Crippen LogP contribution in [0.5, 0.6) is 0 Å². The molecule has 6 nitrogen and oxygen atoms in total. The van der Waals surface area contributed by atoms with Crippen LogP contribution in [0.15, 0.2) is 5.16 Å². The maximum Gasteiger partial charge on any atom is 0.233 e. The van der Waals surface area contributed by atoms with Crippen molar-refractivity contribution >= 4 is 23.6 Å². The van der Waals surface area contributed by atoms with E-state index in [1.165, 1.54) is 25.7 Å². The largest absolute Gasteiger partial charge is 0.342 e. The van der Waals surface area contributed by atoms with Crippen molar-refractivity contribution in [2.24, 2.45) is 5.92 Å². The molecule has 3 aliphatic rings. The zero-order valence-electron chi connectivity index (χ0n) is 14.5. The lowest BCUT2D eigenvalue weighted by molar-refractivity contribution is -0.127. The molecule has 0 bridgehead atoms. The fourth-order valence-corrected chi connectivity index (χ4v) is 4.53. The summed E-state index contributed by atoms with van der Waals surface area (Å²) in [5, 5.41) is 9.86. The molecule has 0 radical (unpaired) electrons. The van der Waals surface area contributed by atoms with Gasteiger partial charge in [0.25, 0.3) is 0 Å².